The summed E-state index contributed by atoms with van der Waals surface area (Å²) in [5.41, 5.74) is 3.77. The molecule has 35 heavy (non-hydrogen) atoms. The number of rotatable bonds is 7. The number of aliphatic carboxylic acids is 1. The van der Waals surface area contributed by atoms with Crippen LogP contribution in [0.3, 0.4) is 0 Å². The highest BCUT2D eigenvalue weighted by Crippen LogP contribution is 2.44. The van der Waals surface area contributed by atoms with E-state index in [1.165, 1.54) is 11.1 Å². The minimum Gasteiger partial charge on any atom is -0.481 e. The number of alkyl carbamates (subject to hydrolysis) is 1. The van der Waals surface area contributed by atoms with Crippen molar-refractivity contribution >= 4 is 18.0 Å². The fourth-order valence-electron chi connectivity index (χ4n) is 5.76. The zero-order chi connectivity index (χ0) is 24.6. The first-order chi connectivity index (χ1) is 16.9. The van der Waals surface area contributed by atoms with E-state index in [0.29, 0.717) is 25.8 Å². The number of fused-ring (bicyclic) bond motifs is 3. The van der Waals surface area contributed by atoms with Crippen LogP contribution in [-0.2, 0) is 14.3 Å². The molecule has 0 saturated heterocycles. The Balaban J connectivity index is 1.10. The van der Waals surface area contributed by atoms with E-state index in [4.69, 9.17) is 4.74 Å². The maximum atomic E-state index is 12.7. The molecule has 0 radical (unpaired) electrons. The maximum absolute atomic E-state index is 12.7. The van der Waals surface area contributed by atoms with Gasteiger partial charge in [-0.3, -0.25) is 9.59 Å². The predicted octanol–water partition coefficient (Wildman–Crippen LogP) is 4.31. The van der Waals surface area contributed by atoms with E-state index in [1.54, 1.807) is 6.92 Å². The second kappa shape index (κ2) is 9.36. The van der Waals surface area contributed by atoms with Crippen LogP contribution in [0, 0.1) is 17.3 Å². The smallest absolute Gasteiger partial charge is 0.407 e. The molecule has 7 heteroatoms. The van der Waals surface area contributed by atoms with Gasteiger partial charge in [0.15, 0.2) is 0 Å². The third-order valence-corrected chi connectivity index (χ3v) is 8.12. The van der Waals surface area contributed by atoms with Gasteiger partial charge in [0.25, 0.3) is 0 Å². The summed E-state index contributed by atoms with van der Waals surface area (Å²) in [6.07, 6.45) is 3.25. The van der Waals surface area contributed by atoms with Gasteiger partial charge in [-0.05, 0) is 54.4 Å². The van der Waals surface area contributed by atoms with Crippen LogP contribution in [0.25, 0.3) is 11.1 Å². The Morgan fingerprint density at radius 3 is 2.34 bits per heavy atom. The molecule has 0 spiro atoms. The molecular formula is C28H32N2O5. The van der Waals surface area contributed by atoms with Gasteiger partial charge in [-0.15, -0.1) is 0 Å². The van der Waals surface area contributed by atoms with Gasteiger partial charge in [-0.2, -0.15) is 0 Å². The summed E-state index contributed by atoms with van der Waals surface area (Å²) in [6, 6.07) is 16.0. The molecule has 2 fully saturated rings. The summed E-state index contributed by atoms with van der Waals surface area (Å²) < 4.78 is 5.57. The first-order valence-corrected chi connectivity index (χ1v) is 12.5. The molecule has 0 aliphatic heterocycles. The van der Waals surface area contributed by atoms with E-state index in [0.717, 1.165) is 24.0 Å². The zero-order valence-corrected chi connectivity index (χ0v) is 20.0. The largest absolute Gasteiger partial charge is 0.481 e. The third-order valence-electron chi connectivity index (χ3n) is 8.12. The van der Waals surface area contributed by atoms with Gasteiger partial charge in [0, 0.05) is 24.4 Å². The topological polar surface area (TPSA) is 105 Å². The quantitative estimate of drug-likeness (QED) is 0.552. The van der Waals surface area contributed by atoms with Crippen LogP contribution in [0.15, 0.2) is 48.5 Å². The number of carbonyl (C=O) groups is 3. The number of amides is 2. The van der Waals surface area contributed by atoms with Gasteiger partial charge in [0.1, 0.15) is 6.61 Å². The molecular weight excluding hydrogens is 444 g/mol. The van der Waals surface area contributed by atoms with Crippen molar-refractivity contribution in [2.75, 3.05) is 13.2 Å². The highest BCUT2D eigenvalue weighted by molar-refractivity contribution is 5.84. The number of hydrogen-bond donors (Lipinski definition) is 3. The van der Waals surface area contributed by atoms with Gasteiger partial charge in [0.2, 0.25) is 5.91 Å². The average Bonchev–Trinajstić information content (AvgIpc) is 3.58. The second-order valence-electron chi connectivity index (χ2n) is 10.3. The summed E-state index contributed by atoms with van der Waals surface area (Å²) in [6.45, 7) is 2.35. The first-order valence-electron chi connectivity index (χ1n) is 12.5. The summed E-state index contributed by atoms with van der Waals surface area (Å²) in [5, 5.41) is 15.4. The first kappa shape index (κ1) is 23.4. The molecule has 5 rings (SSSR count). The average molecular weight is 477 g/mol. The molecule has 2 aromatic carbocycles. The molecule has 4 unspecified atom stereocenters. The van der Waals surface area contributed by atoms with E-state index < -0.39 is 17.5 Å². The highest BCUT2D eigenvalue weighted by Gasteiger charge is 2.48. The predicted molar refractivity (Wildman–Crippen MR) is 131 cm³/mol. The molecule has 184 valence electrons. The van der Waals surface area contributed by atoms with Crippen molar-refractivity contribution < 1.29 is 24.2 Å². The second-order valence-corrected chi connectivity index (χ2v) is 10.3. The summed E-state index contributed by atoms with van der Waals surface area (Å²) in [4.78, 5) is 36.9. The number of carboxylic acids is 1. The Kier molecular flexibility index (Phi) is 6.26. The van der Waals surface area contributed by atoms with E-state index in [9.17, 15) is 19.5 Å². The fraction of sp³-hybridized carbons (Fsp3) is 0.464. The number of nitrogens with one attached hydrogen (secondary N) is 2. The number of ether oxygens (including phenoxy) is 1. The number of carboxylic acid groups (broad SMARTS) is 1. The van der Waals surface area contributed by atoms with Crippen molar-refractivity contribution in [1.82, 2.24) is 10.6 Å². The van der Waals surface area contributed by atoms with Crippen LogP contribution in [-0.4, -0.2) is 42.3 Å². The molecule has 7 nitrogen and oxygen atoms in total. The zero-order valence-electron chi connectivity index (χ0n) is 20.0. The number of hydrogen-bond acceptors (Lipinski definition) is 4. The molecule has 0 aromatic heterocycles. The molecule has 0 bridgehead atoms. The highest BCUT2D eigenvalue weighted by atomic mass is 16.5. The van der Waals surface area contributed by atoms with Crippen LogP contribution >= 0.6 is 0 Å². The monoisotopic (exact) mass is 476 g/mol. The molecule has 2 saturated carbocycles. The SMILES string of the molecule is CC1(C(=O)O)CCCCC1NC(=O)C1CC1CNC(=O)OCC1c2ccccc2-c2ccccc21. The number of carbonyl (C=O) groups excluding carboxylic acids is 2. The van der Waals surface area contributed by atoms with Crippen molar-refractivity contribution in [3.05, 3.63) is 59.7 Å². The molecule has 3 N–H and O–H groups in total. The fourth-order valence-corrected chi connectivity index (χ4v) is 5.76. The third kappa shape index (κ3) is 4.51. The van der Waals surface area contributed by atoms with E-state index in [1.807, 2.05) is 24.3 Å². The minimum atomic E-state index is -0.919. The summed E-state index contributed by atoms with van der Waals surface area (Å²) in [5.74, 6) is -1.10. The van der Waals surface area contributed by atoms with E-state index in [-0.39, 0.29) is 36.3 Å². The Hall–Kier alpha value is -3.35. The molecule has 3 aliphatic carbocycles. The number of benzene rings is 2. The van der Waals surface area contributed by atoms with Gasteiger partial charge in [-0.25, -0.2) is 4.79 Å². The summed E-state index contributed by atoms with van der Waals surface area (Å²) >= 11 is 0. The normalized spacial score (nSPS) is 26.8. The lowest BCUT2D eigenvalue weighted by Crippen LogP contribution is -2.52. The van der Waals surface area contributed by atoms with Crippen molar-refractivity contribution in [2.24, 2.45) is 17.3 Å². The van der Waals surface area contributed by atoms with Crippen LogP contribution in [0.4, 0.5) is 4.79 Å². The van der Waals surface area contributed by atoms with Crippen molar-refractivity contribution in [1.29, 1.82) is 0 Å². The molecule has 2 aromatic rings. The Morgan fingerprint density at radius 2 is 1.69 bits per heavy atom. The van der Waals surface area contributed by atoms with Gasteiger partial charge in [0.05, 0.1) is 5.41 Å². The van der Waals surface area contributed by atoms with Gasteiger partial charge < -0.3 is 20.5 Å². The van der Waals surface area contributed by atoms with E-state index in [2.05, 4.69) is 34.9 Å². The van der Waals surface area contributed by atoms with Gasteiger partial charge in [-0.1, -0.05) is 61.4 Å². The maximum Gasteiger partial charge on any atom is 0.407 e. The standard InChI is InChI=1S/C28H32N2O5/c1-28(26(32)33)13-7-6-12-24(28)30-25(31)22-14-17(22)15-29-27(34)35-16-23-20-10-4-2-8-18(20)19-9-3-5-11-21(19)23/h2-5,8-11,17,22-24H,6-7,12-16H2,1H3,(H,29,34)(H,30,31)(H,32,33). The molecule has 4 atom stereocenters. The Bertz CT molecular complexity index is 1100. The summed E-state index contributed by atoms with van der Waals surface area (Å²) in [7, 11) is 0. The van der Waals surface area contributed by atoms with Crippen LogP contribution < -0.4 is 10.6 Å². The van der Waals surface area contributed by atoms with Crippen molar-refractivity contribution in [3.8, 4) is 11.1 Å². The van der Waals surface area contributed by atoms with Gasteiger partial charge >= 0.3 is 12.1 Å². The molecule has 2 amide bonds. The van der Waals surface area contributed by atoms with Crippen LogP contribution in [0.5, 0.6) is 0 Å². The lowest BCUT2D eigenvalue weighted by atomic mass is 9.71. The molecule has 0 heterocycles. The van der Waals surface area contributed by atoms with Crippen LogP contribution in [0.2, 0.25) is 0 Å². The van der Waals surface area contributed by atoms with Crippen molar-refractivity contribution in [3.63, 3.8) is 0 Å². The Labute approximate surface area is 205 Å². The lowest BCUT2D eigenvalue weighted by molar-refractivity contribution is -0.152. The van der Waals surface area contributed by atoms with Crippen LogP contribution in [0.1, 0.15) is 56.1 Å². The minimum absolute atomic E-state index is 0.00615. The van der Waals surface area contributed by atoms with E-state index >= 15 is 0 Å². The Morgan fingerprint density at radius 1 is 1.03 bits per heavy atom. The lowest BCUT2D eigenvalue weighted by Gasteiger charge is -2.38. The molecule has 3 aliphatic rings. The van der Waals surface area contributed by atoms with Crippen molar-refractivity contribution in [2.45, 2.75) is 51.0 Å².